The highest BCUT2D eigenvalue weighted by atomic mass is 32.2. The summed E-state index contributed by atoms with van der Waals surface area (Å²) in [5, 5.41) is 0. The Balaban J connectivity index is 2.53. The minimum Gasteiger partial charge on any atom is -0.296 e. The molecule has 2 rings (SSSR count). The second kappa shape index (κ2) is 1.80. The molecule has 1 aliphatic heterocycles. The Morgan fingerprint density at radius 1 is 1.67 bits per heavy atom. The molecule has 1 aromatic heterocycles. The summed E-state index contributed by atoms with van der Waals surface area (Å²) in [5.41, 5.74) is 0. The van der Waals surface area contributed by atoms with Crippen LogP contribution in [0.1, 0.15) is 0 Å². The lowest BCUT2D eigenvalue weighted by molar-refractivity contribution is 1.21. The normalized spacial score (nSPS) is 14.7. The number of nitrogens with zero attached hydrogens (tertiary/aromatic N) is 2. The van der Waals surface area contributed by atoms with E-state index in [4.69, 9.17) is 0 Å². The lowest BCUT2D eigenvalue weighted by Gasteiger charge is -2.06. The molecule has 0 aromatic carbocycles. The smallest absolute Gasteiger partial charge is 0.122 e. The Hall–Kier alpha value is -0.900. The van der Waals surface area contributed by atoms with Crippen LogP contribution in [0.15, 0.2) is 22.7 Å². The molecule has 0 amide bonds. The van der Waals surface area contributed by atoms with Gasteiger partial charge in [0.1, 0.15) is 12.2 Å². The topological polar surface area (TPSA) is 29.3 Å². The van der Waals surface area contributed by atoms with Crippen LogP contribution < -0.4 is 4.72 Å². The number of aromatic nitrogens is 1. The van der Waals surface area contributed by atoms with Crippen LogP contribution >= 0.6 is 12.1 Å². The number of rotatable bonds is 0. The van der Waals surface area contributed by atoms with E-state index in [1.165, 1.54) is 12.1 Å². The van der Waals surface area contributed by atoms with E-state index in [2.05, 4.69) is 9.12 Å². The Morgan fingerprint density at radius 2 is 2.67 bits per heavy atom. The first-order chi connectivity index (χ1) is 4.47. The molecule has 0 saturated heterocycles. The molecular formula is C5H5N3S. The van der Waals surface area contributed by atoms with E-state index in [9.17, 15) is 0 Å². The zero-order valence-corrected chi connectivity index (χ0v) is 5.43. The molecule has 0 aliphatic carbocycles. The average Bonchev–Trinajstić information content (AvgIpc) is 2.33. The Labute approximate surface area is 57.0 Å². The molecule has 4 heteroatoms. The summed E-state index contributed by atoms with van der Waals surface area (Å²) in [6, 6.07) is 3.97. The van der Waals surface area contributed by atoms with E-state index < -0.39 is 0 Å². The molecular weight excluding hydrogens is 134 g/mol. The molecule has 0 saturated carbocycles. The summed E-state index contributed by atoms with van der Waals surface area (Å²) in [6.45, 7) is 0. The number of hydrogen-bond acceptors (Lipinski definition) is 3. The predicted molar refractivity (Wildman–Crippen MR) is 39.5 cm³/mol. The van der Waals surface area contributed by atoms with Crippen molar-refractivity contribution < 1.29 is 0 Å². The van der Waals surface area contributed by atoms with Crippen molar-refractivity contribution in [2.75, 3.05) is 4.72 Å². The van der Waals surface area contributed by atoms with Crippen molar-refractivity contribution in [3.05, 3.63) is 18.3 Å². The molecule has 1 N–H and O–H groups in total. The van der Waals surface area contributed by atoms with Crippen LogP contribution in [0, 0.1) is 0 Å². The van der Waals surface area contributed by atoms with Gasteiger partial charge in [0, 0.05) is 6.20 Å². The van der Waals surface area contributed by atoms with Gasteiger partial charge in [0.05, 0.1) is 12.1 Å². The van der Waals surface area contributed by atoms with Gasteiger partial charge in [-0.2, -0.15) is 4.40 Å². The molecule has 46 valence electrons. The molecule has 0 spiro atoms. The summed E-state index contributed by atoms with van der Waals surface area (Å²) < 4.78 is 8.89. The van der Waals surface area contributed by atoms with Crippen molar-refractivity contribution in [3.8, 4) is 0 Å². The molecule has 0 fully saturated rings. The highest BCUT2D eigenvalue weighted by molar-refractivity contribution is 7.99. The maximum Gasteiger partial charge on any atom is 0.122 e. The summed E-state index contributed by atoms with van der Waals surface area (Å²) in [7, 11) is 0. The number of fused-ring (bicyclic) bond motifs is 1. The van der Waals surface area contributed by atoms with Crippen molar-refractivity contribution in [1.82, 2.24) is 4.57 Å². The highest BCUT2D eigenvalue weighted by Crippen LogP contribution is 2.16. The van der Waals surface area contributed by atoms with Crippen molar-refractivity contribution in [2.45, 2.75) is 0 Å². The zero-order chi connectivity index (χ0) is 6.10. The zero-order valence-electron chi connectivity index (χ0n) is 4.61. The Kier molecular flexibility index (Phi) is 0.989. The molecule has 3 nitrogen and oxygen atoms in total. The van der Waals surface area contributed by atoms with Gasteiger partial charge < -0.3 is 0 Å². The highest BCUT2D eigenvalue weighted by Gasteiger charge is 1.99. The number of hydrogen-bond donors (Lipinski definition) is 1. The van der Waals surface area contributed by atoms with Crippen LogP contribution in [0.25, 0.3) is 0 Å². The van der Waals surface area contributed by atoms with Gasteiger partial charge in [-0.1, -0.05) is 0 Å². The standard InChI is InChI=1S/C5H5N3S/c1-2-5-7-9-6-4-8(5)3-1/h1-4,7H. The lowest BCUT2D eigenvalue weighted by atomic mass is 10.6. The van der Waals surface area contributed by atoms with E-state index in [-0.39, 0.29) is 0 Å². The van der Waals surface area contributed by atoms with E-state index in [0.717, 1.165) is 5.82 Å². The molecule has 1 aliphatic rings. The second-order valence-corrected chi connectivity index (χ2v) is 2.31. The van der Waals surface area contributed by atoms with Gasteiger partial charge in [-0.25, -0.2) is 0 Å². The van der Waals surface area contributed by atoms with Gasteiger partial charge in [0.2, 0.25) is 0 Å². The fourth-order valence-electron chi connectivity index (χ4n) is 0.728. The molecule has 0 radical (unpaired) electrons. The van der Waals surface area contributed by atoms with Crippen LogP contribution in [0.5, 0.6) is 0 Å². The van der Waals surface area contributed by atoms with Gasteiger partial charge in [0.15, 0.2) is 0 Å². The monoisotopic (exact) mass is 139 g/mol. The average molecular weight is 139 g/mol. The van der Waals surface area contributed by atoms with Crippen LogP contribution in [-0.2, 0) is 0 Å². The SMILES string of the molecule is C1=NSNc2cccn21. The van der Waals surface area contributed by atoms with Crippen LogP contribution in [0.3, 0.4) is 0 Å². The minimum atomic E-state index is 1.08. The first-order valence-electron chi connectivity index (χ1n) is 2.59. The summed E-state index contributed by atoms with van der Waals surface area (Å²) in [4.78, 5) is 0. The first-order valence-corrected chi connectivity index (χ1v) is 3.36. The van der Waals surface area contributed by atoms with E-state index in [1.54, 1.807) is 6.34 Å². The third-order valence-electron chi connectivity index (χ3n) is 1.15. The van der Waals surface area contributed by atoms with Crippen molar-refractivity contribution in [1.29, 1.82) is 0 Å². The van der Waals surface area contributed by atoms with Crippen LogP contribution in [0.4, 0.5) is 5.82 Å². The van der Waals surface area contributed by atoms with Crippen LogP contribution in [-0.4, -0.2) is 10.9 Å². The van der Waals surface area contributed by atoms with Crippen molar-refractivity contribution >= 4 is 24.3 Å². The maximum absolute atomic E-state index is 3.93. The summed E-state index contributed by atoms with van der Waals surface area (Å²) in [6.07, 6.45) is 3.72. The van der Waals surface area contributed by atoms with Gasteiger partial charge in [-0.3, -0.25) is 9.29 Å². The quantitative estimate of drug-likeness (QED) is 0.550. The fourth-order valence-corrected chi connectivity index (χ4v) is 1.20. The van der Waals surface area contributed by atoms with E-state index in [0.29, 0.717) is 0 Å². The third-order valence-corrected chi connectivity index (χ3v) is 1.65. The fraction of sp³-hybridized carbons (Fsp3) is 0. The molecule has 0 unspecified atom stereocenters. The van der Waals surface area contributed by atoms with Gasteiger partial charge >= 0.3 is 0 Å². The van der Waals surface area contributed by atoms with Crippen molar-refractivity contribution in [3.63, 3.8) is 0 Å². The molecule has 2 heterocycles. The number of nitrogens with one attached hydrogen (secondary N) is 1. The lowest BCUT2D eigenvalue weighted by Crippen LogP contribution is -2.02. The van der Waals surface area contributed by atoms with Gasteiger partial charge in [0.25, 0.3) is 0 Å². The van der Waals surface area contributed by atoms with Gasteiger partial charge in [-0.05, 0) is 12.1 Å². The van der Waals surface area contributed by atoms with Crippen molar-refractivity contribution in [2.24, 2.45) is 4.40 Å². The predicted octanol–water partition coefficient (Wildman–Crippen LogP) is 1.35. The minimum absolute atomic E-state index is 1.08. The largest absolute Gasteiger partial charge is 0.296 e. The van der Waals surface area contributed by atoms with Crippen LogP contribution in [0.2, 0.25) is 0 Å². The molecule has 9 heavy (non-hydrogen) atoms. The van der Waals surface area contributed by atoms with E-state index in [1.807, 2.05) is 22.9 Å². The second-order valence-electron chi connectivity index (χ2n) is 1.71. The maximum atomic E-state index is 3.93. The third kappa shape index (κ3) is 0.712. The summed E-state index contributed by atoms with van der Waals surface area (Å²) in [5.74, 6) is 1.08. The number of anilines is 1. The van der Waals surface area contributed by atoms with E-state index >= 15 is 0 Å². The van der Waals surface area contributed by atoms with Gasteiger partial charge in [-0.15, -0.1) is 0 Å². The molecule has 1 aromatic rings. The molecule has 0 bridgehead atoms. The molecule has 0 atom stereocenters. The Morgan fingerprint density at radius 3 is 3.56 bits per heavy atom. The Bertz CT molecular complexity index is 240. The summed E-state index contributed by atoms with van der Waals surface area (Å²) >= 11 is 1.34. The first kappa shape index (κ1) is 4.93.